The molecule has 4 heteroatoms. The molecule has 1 unspecified atom stereocenters. The number of aromatic nitrogens is 1. The minimum atomic E-state index is -0.268. The average Bonchev–Trinajstić information content (AvgIpc) is 3.18. The molecule has 3 heterocycles. The first-order valence-corrected chi connectivity index (χ1v) is 7.95. The van der Waals surface area contributed by atoms with Crippen LogP contribution in [0.25, 0.3) is 0 Å². The van der Waals surface area contributed by atoms with E-state index in [0.717, 1.165) is 11.1 Å². The molecule has 3 aromatic rings. The van der Waals surface area contributed by atoms with Crippen LogP contribution in [0, 0.1) is 0 Å². The Hall–Kier alpha value is -3.14. The molecule has 2 aromatic carbocycles. The molecular formula is C20H14N2O2. The largest absolute Gasteiger partial charge is 0.320 e. The fraction of sp³-hybridized carbons (Fsp3) is 0.100. The highest BCUT2D eigenvalue weighted by Gasteiger charge is 2.40. The van der Waals surface area contributed by atoms with Gasteiger partial charge in [-0.1, -0.05) is 42.5 Å². The van der Waals surface area contributed by atoms with E-state index in [-0.39, 0.29) is 17.9 Å². The number of carbonyl (C=O) groups excluding carboxylic acids is 2. The second-order valence-corrected chi connectivity index (χ2v) is 6.18. The Morgan fingerprint density at radius 3 is 2.46 bits per heavy atom. The second kappa shape index (κ2) is 4.68. The summed E-state index contributed by atoms with van der Waals surface area (Å²) in [4.78, 5) is 27.8. The highest BCUT2D eigenvalue weighted by atomic mass is 16.2. The fourth-order valence-electron chi connectivity index (χ4n) is 3.81. The van der Waals surface area contributed by atoms with Gasteiger partial charge in [0.15, 0.2) is 0 Å². The van der Waals surface area contributed by atoms with Crippen LogP contribution in [0.4, 0.5) is 0 Å². The summed E-state index contributed by atoms with van der Waals surface area (Å²) >= 11 is 0. The smallest absolute Gasteiger partial charge is 0.256 e. The fourth-order valence-corrected chi connectivity index (χ4v) is 3.81. The summed E-state index contributed by atoms with van der Waals surface area (Å²) in [6.45, 7) is 0.428. The topological polar surface area (TPSA) is 42.3 Å². The molecule has 0 radical (unpaired) electrons. The van der Waals surface area contributed by atoms with Gasteiger partial charge in [-0.2, -0.15) is 0 Å². The Labute approximate surface area is 138 Å². The molecule has 116 valence electrons. The summed E-state index contributed by atoms with van der Waals surface area (Å²) in [6, 6.07) is 18.9. The van der Waals surface area contributed by atoms with Gasteiger partial charge in [0.1, 0.15) is 6.17 Å². The minimum absolute atomic E-state index is 0.00656. The lowest BCUT2D eigenvalue weighted by atomic mass is 9.99. The molecule has 0 spiro atoms. The molecule has 1 aromatic heterocycles. The summed E-state index contributed by atoms with van der Waals surface area (Å²) in [5, 5.41) is 0. The highest BCUT2D eigenvalue weighted by Crippen LogP contribution is 2.38. The van der Waals surface area contributed by atoms with Crippen molar-refractivity contribution in [3.8, 4) is 0 Å². The Kier molecular flexibility index (Phi) is 2.59. The third-order valence-electron chi connectivity index (χ3n) is 4.90. The molecule has 5 rings (SSSR count). The Bertz CT molecular complexity index is 1000. The molecule has 0 aliphatic carbocycles. The number of rotatable bonds is 0. The molecular weight excluding hydrogens is 300 g/mol. The zero-order chi connectivity index (χ0) is 16.3. The van der Waals surface area contributed by atoms with Gasteiger partial charge in [0.2, 0.25) is 5.78 Å². The van der Waals surface area contributed by atoms with Crippen LogP contribution in [0.3, 0.4) is 0 Å². The van der Waals surface area contributed by atoms with Crippen molar-refractivity contribution in [3.05, 3.63) is 94.8 Å². The van der Waals surface area contributed by atoms with Crippen LogP contribution in [0.5, 0.6) is 0 Å². The van der Waals surface area contributed by atoms with E-state index in [1.54, 1.807) is 0 Å². The monoisotopic (exact) mass is 314 g/mol. The first-order chi connectivity index (χ1) is 11.8. The van der Waals surface area contributed by atoms with Crippen LogP contribution >= 0.6 is 0 Å². The zero-order valence-corrected chi connectivity index (χ0v) is 12.8. The third kappa shape index (κ3) is 1.62. The van der Waals surface area contributed by atoms with Crippen LogP contribution in [-0.4, -0.2) is 21.2 Å². The van der Waals surface area contributed by atoms with Crippen molar-refractivity contribution in [1.82, 2.24) is 9.47 Å². The molecule has 24 heavy (non-hydrogen) atoms. The van der Waals surface area contributed by atoms with E-state index in [0.29, 0.717) is 23.4 Å². The summed E-state index contributed by atoms with van der Waals surface area (Å²) < 4.78 is 1.92. The summed E-state index contributed by atoms with van der Waals surface area (Å²) in [6.07, 6.45) is 1.62. The van der Waals surface area contributed by atoms with Crippen LogP contribution in [0.15, 0.2) is 66.9 Å². The van der Waals surface area contributed by atoms with Gasteiger partial charge in [0, 0.05) is 29.4 Å². The number of fused-ring (bicyclic) bond motifs is 6. The summed E-state index contributed by atoms with van der Waals surface area (Å²) in [5.74, 6) is 0.0199. The second-order valence-electron chi connectivity index (χ2n) is 6.18. The number of carbonyl (C=O) groups is 2. The van der Waals surface area contributed by atoms with E-state index in [1.807, 2.05) is 76.3 Å². The number of ketones is 1. The first kappa shape index (κ1) is 13.3. The van der Waals surface area contributed by atoms with Gasteiger partial charge >= 0.3 is 0 Å². The van der Waals surface area contributed by atoms with Gasteiger partial charge in [-0.25, -0.2) is 0 Å². The van der Waals surface area contributed by atoms with E-state index in [1.165, 1.54) is 0 Å². The predicted octanol–water partition coefficient (Wildman–Crippen LogP) is 3.24. The zero-order valence-electron chi connectivity index (χ0n) is 12.8. The standard InChI is InChI=1S/C20H14N2O2/c23-18-14-7-2-1-6-13(14)12-22-19(21-11-5-10-17(18)21)15-8-3-4-9-16(15)20(22)24/h1-11,19H,12H2. The van der Waals surface area contributed by atoms with Gasteiger partial charge < -0.3 is 9.47 Å². The van der Waals surface area contributed by atoms with Crippen molar-refractivity contribution in [2.75, 3.05) is 0 Å². The van der Waals surface area contributed by atoms with Crippen LogP contribution in [0.1, 0.15) is 43.7 Å². The maximum Gasteiger partial charge on any atom is 0.256 e. The Morgan fingerprint density at radius 2 is 1.58 bits per heavy atom. The summed E-state index contributed by atoms with van der Waals surface area (Å²) in [5.41, 5.74) is 3.84. The molecule has 1 atom stereocenters. The van der Waals surface area contributed by atoms with Crippen molar-refractivity contribution >= 4 is 11.7 Å². The van der Waals surface area contributed by atoms with E-state index in [2.05, 4.69) is 0 Å². The molecule has 0 saturated heterocycles. The van der Waals surface area contributed by atoms with Gasteiger partial charge in [-0.05, 0) is 23.8 Å². The van der Waals surface area contributed by atoms with Gasteiger partial charge in [-0.15, -0.1) is 0 Å². The average molecular weight is 314 g/mol. The normalized spacial score (nSPS) is 18.3. The minimum Gasteiger partial charge on any atom is -0.320 e. The van der Waals surface area contributed by atoms with Crippen LogP contribution in [-0.2, 0) is 6.54 Å². The highest BCUT2D eigenvalue weighted by molar-refractivity contribution is 6.09. The van der Waals surface area contributed by atoms with E-state index >= 15 is 0 Å². The molecule has 2 aliphatic rings. The van der Waals surface area contributed by atoms with E-state index < -0.39 is 0 Å². The SMILES string of the molecule is O=C1c2ccccc2CN2C(=O)c3ccccc3C2n2cccc21. The third-order valence-corrected chi connectivity index (χ3v) is 4.90. The van der Waals surface area contributed by atoms with Crippen molar-refractivity contribution < 1.29 is 9.59 Å². The van der Waals surface area contributed by atoms with Crippen molar-refractivity contribution in [2.45, 2.75) is 12.7 Å². The van der Waals surface area contributed by atoms with Crippen molar-refractivity contribution in [3.63, 3.8) is 0 Å². The number of benzene rings is 2. The van der Waals surface area contributed by atoms with Crippen LogP contribution in [0.2, 0.25) is 0 Å². The Balaban J connectivity index is 1.81. The molecule has 1 amide bonds. The van der Waals surface area contributed by atoms with Crippen molar-refractivity contribution in [2.24, 2.45) is 0 Å². The van der Waals surface area contributed by atoms with E-state index in [4.69, 9.17) is 0 Å². The lowest BCUT2D eigenvalue weighted by Gasteiger charge is -2.31. The molecule has 0 N–H and O–H groups in total. The van der Waals surface area contributed by atoms with Crippen LogP contribution < -0.4 is 0 Å². The number of nitrogens with zero attached hydrogens (tertiary/aromatic N) is 2. The van der Waals surface area contributed by atoms with Crippen molar-refractivity contribution in [1.29, 1.82) is 0 Å². The van der Waals surface area contributed by atoms with Gasteiger partial charge in [0.25, 0.3) is 5.91 Å². The molecule has 0 bridgehead atoms. The maximum absolute atomic E-state index is 13.0. The molecule has 4 nitrogen and oxygen atoms in total. The predicted molar refractivity (Wildman–Crippen MR) is 88.8 cm³/mol. The summed E-state index contributed by atoms with van der Waals surface area (Å²) in [7, 11) is 0. The lowest BCUT2D eigenvalue weighted by Crippen LogP contribution is -2.35. The lowest BCUT2D eigenvalue weighted by molar-refractivity contribution is 0.0670. The Morgan fingerprint density at radius 1 is 0.833 bits per heavy atom. The quantitative estimate of drug-likeness (QED) is 0.639. The number of hydrogen-bond donors (Lipinski definition) is 0. The van der Waals surface area contributed by atoms with E-state index in [9.17, 15) is 9.59 Å². The molecule has 0 saturated carbocycles. The number of amides is 1. The number of hydrogen-bond acceptors (Lipinski definition) is 2. The molecule has 0 fully saturated rings. The van der Waals surface area contributed by atoms with Gasteiger partial charge in [-0.3, -0.25) is 9.59 Å². The first-order valence-electron chi connectivity index (χ1n) is 7.95. The van der Waals surface area contributed by atoms with Gasteiger partial charge in [0.05, 0.1) is 5.69 Å². The molecule has 2 aliphatic heterocycles. The maximum atomic E-state index is 13.0.